The van der Waals surface area contributed by atoms with Crippen molar-refractivity contribution in [1.82, 2.24) is 10.6 Å². The maximum atomic E-state index is 11.8. The lowest BCUT2D eigenvalue weighted by molar-refractivity contribution is -0.126. The van der Waals surface area contributed by atoms with Crippen molar-refractivity contribution in [1.29, 1.82) is 0 Å². The van der Waals surface area contributed by atoms with E-state index in [9.17, 15) is 9.59 Å². The van der Waals surface area contributed by atoms with Crippen LogP contribution in [0.3, 0.4) is 0 Å². The van der Waals surface area contributed by atoms with Gasteiger partial charge in [-0.2, -0.15) is 0 Å². The van der Waals surface area contributed by atoms with Crippen molar-refractivity contribution in [3.63, 3.8) is 0 Å². The molecular weight excluding hydrogens is 206 g/mol. The number of nitrogens with one attached hydrogen (secondary N) is 2. The quantitative estimate of drug-likeness (QED) is 0.554. The Labute approximate surface area is 96.1 Å². The molecule has 1 aliphatic heterocycles. The minimum Gasteiger partial charge on any atom is -0.370 e. The molecule has 5 nitrogen and oxygen atoms in total. The highest BCUT2D eigenvalue weighted by molar-refractivity contribution is 5.86. The van der Waals surface area contributed by atoms with E-state index < -0.39 is 5.54 Å². The lowest BCUT2D eigenvalue weighted by atomic mass is 9.99. The van der Waals surface area contributed by atoms with E-state index in [1.165, 1.54) is 0 Å². The highest BCUT2D eigenvalue weighted by atomic mass is 16.2. The van der Waals surface area contributed by atoms with Crippen molar-refractivity contribution in [2.24, 2.45) is 5.73 Å². The maximum Gasteiger partial charge on any atom is 0.240 e. The van der Waals surface area contributed by atoms with E-state index in [0.29, 0.717) is 13.0 Å². The normalized spacial score (nSPS) is 24.3. The largest absolute Gasteiger partial charge is 0.370 e. The van der Waals surface area contributed by atoms with Crippen LogP contribution in [0, 0.1) is 0 Å². The number of primary amides is 1. The van der Waals surface area contributed by atoms with Crippen LogP contribution in [0.5, 0.6) is 0 Å². The fraction of sp³-hybridized carbons (Fsp3) is 0.818. The molecule has 5 heteroatoms. The zero-order valence-corrected chi connectivity index (χ0v) is 9.84. The smallest absolute Gasteiger partial charge is 0.240 e. The van der Waals surface area contributed by atoms with Crippen LogP contribution < -0.4 is 16.4 Å². The Balaban J connectivity index is 2.13. The van der Waals surface area contributed by atoms with Crippen LogP contribution in [0.25, 0.3) is 0 Å². The summed E-state index contributed by atoms with van der Waals surface area (Å²) < 4.78 is 0. The number of carbonyl (C=O) groups excluding carboxylic acids is 2. The number of rotatable bonds is 6. The minimum absolute atomic E-state index is 0.0593. The second-order valence-corrected chi connectivity index (χ2v) is 4.54. The van der Waals surface area contributed by atoms with Crippen molar-refractivity contribution in [2.45, 2.75) is 44.6 Å². The molecule has 0 aromatic heterocycles. The van der Waals surface area contributed by atoms with E-state index in [4.69, 9.17) is 5.73 Å². The molecule has 1 heterocycles. The Kier molecular flexibility index (Phi) is 4.73. The molecule has 4 N–H and O–H groups in total. The highest BCUT2D eigenvalue weighted by Gasteiger charge is 2.35. The summed E-state index contributed by atoms with van der Waals surface area (Å²) >= 11 is 0. The van der Waals surface area contributed by atoms with Gasteiger partial charge in [0.1, 0.15) is 0 Å². The van der Waals surface area contributed by atoms with Gasteiger partial charge in [0.15, 0.2) is 0 Å². The fourth-order valence-corrected chi connectivity index (χ4v) is 1.91. The van der Waals surface area contributed by atoms with E-state index in [0.717, 1.165) is 32.2 Å². The third kappa shape index (κ3) is 3.81. The predicted octanol–water partition coefficient (Wildman–Crippen LogP) is -0.0997. The molecule has 1 atom stereocenters. The molecule has 0 spiro atoms. The van der Waals surface area contributed by atoms with Gasteiger partial charge in [0.05, 0.1) is 5.54 Å². The summed E-state index contributed by atoms with van der Waals surface area (Å²) in [5.74, 6) is -0.222. The minimum atomic E-state index is -0.399. The molecule has 0 saturated carbocycles. The van der Waals surface area contributed by atoms with Gasteiger partial charge in [0.25, 0.3) is 0 Å². The van der Waals surface area contributed by atoms with Crippen LogP contribution in [-0.4, -0.2) is 30.4 Å². The van der Waals surface area contributed by atoms with Crippen LogP contribution in [0.2, 0.25) is 0 Å². The lowest BCUT2D eigenvalue weighted by Gasteiger charge is -2.22. The van der Waals surface area contributed by atoms with Crippen molar-refractivity contribution < 1.29 is 9.59 Å². The highest BCUT2D eigenvalue weighted by Crippen LogP contribution is 2.18. The summed E-state index contributed by atoms with van der Waals surface area (Å²) in [7, 11) is 0. The second kappa shape index (κ2) is 5.84. The van der Waals surface area contributed by atoms with Crippen molar-refractivity contribution in [3.05, 3.63) is 0 Å². The summed E-state index contributed by atoms with van der Waals surface area (Å²) in [6, 6.07) is 0. The first-order valence-electron chi connectivity index (χ1n) is 5.86. The lowest BCUT2D eigenvalue weighted by Crippen LogP contribution is -2.51. The van der Waals surface area contributed by atoms with Gasteiger partial charge >= 0.3 is 0 Å². The molecule has 92 valence electrons. The van der Waals surface area contributed by atoms with E-state index in [1.807, 2.05) is 6.92 Å². The third-order valence-electron chi connectivity index (χ3n) is 3.01. The Morgan fingerprint density at radius 3 is 2.75 bits per heavy atom. The molecule has 0 radical (unpaired) electrons. The number of amides is 2. The van der Waals surface area contributed by atoms with Crippen molar-refractivity contribution in [3.8, 4) is 0 Å². The molecule has 0 aromatic carbocycles. The molecular formula is C11H21N3O2. The van der Waals surface area contributed by atoms with Gasteiger partial charge in [-0.15, -0.1) is 0 Å². The van der Waals surface area contributed by atoms with Crippen LogP contribution in [0.1, 0.15) is 39.0 Å². The topological polar surface area (TPSA) is 84.2 Å². The molecule has 1 unspecified atom stereocenters. The first-order valence-corrected chi connectivity index (χ1v) is 5.86. The average molecular weight is 227 g/mol. The summed E-state index contributed by atoms with van der Waals surface area (Å²) in [6.45, 7) is 3.45. The SMILES string of the molecule is CC1(C(=O)NCCCCC(N)=O)CCCN1. The van der Waals surface area contributed by atoms with Gasteiger partial charge in [0.2, 0.25) is 11.8 Å². The molecule has 1 fully saturated rings. The first-order chi connectivity index (χ1) is 7.54. The fourth-order valence-electron chi connectivity index (χ4n) is 1.91. The van der Waals surface area contributed by atoms with E-state index in [1.54, 1.807) is 0 Å². The van der Waals surface area contributed by atoms with E-state index >= 15 is 0 Å². The van der Waals surface area contributed by atoms with E-state index in [-0.39, 0.29) is 11.8 Å². The monoisotopic (exact) mass is 227 g/mol. The average Bonchev–Trinajstić information content (AvgIpc) is 2.65. The molecule has 1 rings (SSSR count). The van der Waals surface area contributed by atoms with Crippen molar-refractivity contribution in [2.75, 3.05) is 13.1 Å². The molecule has 0 aliphatic carbocycles. The summed E-state index contributed by atoms with van der Waals surface area (Å²) in [6.07, 6.45) is 3.86. The Morgan fingerprint density at radius 1 is 1.44 bits per heavy atom. The standard InChI is InChI=1S/C11H21N3O2/c1-11(6-4-8-14-11)10(16)13-7-3-2-5-9(12)15/h14H,2-8H2,1H3,(H2,12,15)(H,13,16). The van der Waals surface area contributed by atoms with Crippen molar-refractivity contribution >= 4 is 11.8 Å². The maximum absolute atomic E-state index is 11.8. The van der Waals surface area contributed by atoms with Crippen LogP contribution >= 0.6 is 0 Å². The molecule has 0 aromatic rings. The zero-order valence-electron chi connectivity index (χ0n) is 9.84. The number of nitrogens with two attached hydrogens (primary N) is 1. The van der Waals surface area contributed by atoms with Crippen LogP contribution in [0.4, 0.5) is 0 Å². The Hall–Kier alpha value is -1.10. The van der Waals surface area contributed by atoms with Gasteiger partial charge in [-0.3, -0.25) is 9.59 Å². The zero-order chi connectivity index (χ0) is 12.0. The van der Waals surface area contributed by atoms with Crippen LogP contribution in [0.15, 0.2) is 0 Å². The number of carbonyl (C=O) groups is 2. The third-order valence-corrected chi connectivity index (χ3v) is 3.01. The van der Waals surface area contributed by atoms with Crippen LogP contribution in [-0.2, 0) is 9.59 Å². The predicted molar refractivity (Wildman–Crippen MR) is 61.7 cm³/mol. The summed E-state index contributed by atoms with van der Waals surface area (Å²) in [4.78, 5) is 22.3. The van der Waals surface area contributed by atoms with Gasteiger partial charge < -0.3 is 16.4 Å². The molecule has 1 aliphatic rings. The summed E-state index contributed by atoms with van der Waals surface area (Å²) in [5, 5.41) is 6.09. The Morgan fingerprint density at radius 2 is 2.19 bits per heavy atom. The molecule has 1 saturated heterocycles. The van der Waals surface area contributed by atoms with Gasteiger partial charge in [-0.05, 0) is 39.2 Å². The van der Waals surface area contributed by atoms with Gasteiger partial charge in [-0.25, -0.2) is 0 Å². The van der Waals surface area contributed by atoms with Gasteiger partial charge in [0, 0.05) is 13.0 Å². The number of unbranched alkanes of at least 4 members (excludes halogenated alkanes) is 1. The van der Waals surface area contributed by atoms with E-state index in [2.05, 4.69) is 10.6 Å². The second-order valence-electron chi connectivity index (χ2n) is 4.54. The molecule has 2 amide bonds. The van der Waals surface area contributed by atoms with Gasteiger partial charge in [-0.1, -0.05) is 0 Å². The Bertz CT molecular complexity index is 260. The first kappa shape index (κ1) is 13.0. The molecule has 16 heavy (non-hydrogen) atoms. The molecule has 0 bridgehead atoms. The number of hydrogen-bond acceptors (Lipinski definition) is 3. The summed E-state index contributed by atoms with van der Waals surface area (Å²) in [5.41, 5.74) is 4.62. The number of hydrogen-bond donors (Lipinski definition) is 3.